The number of fused-ring (bicyclic) bond motifs is 1. The van der Waals surface area contributed by atoms with E-state index < -0.39 is 52.8 Å². The van der Waals surface area contributed by atoms with E-state index in [0.29, 0.717) is 5.69 Å². The van der Waals surface area contributed by atoms with Gasteiger partial charge in [-0.25, -0.2) is 4.98 Å². The fourth-order valence-electron chi connectivity index (χ4n) is 3.83. The summed E-state index contributed by atoms with van der Waals surface area (Å²) in [6, 6.07) is -0.916. The van der Waals surface area contributed by atoms with Crippen LogP contribution < -0.4 is 11.1 Å². The fraction of sp³-hybridized carbons (Fsp3) is 0.478. The van der Waals surface area contributed by atoms with Crippen molar-refractivity contribution in [1.29, 1.82) is 0 Å². The molecule has 0 saturated carbocycles. The number of nitrogen functional groups attached to an aromatic ring is 1. The van der Waals surface area contributed by atoms with E-state index in [-0.39, 0.29) is 28.8 Å². The number of oxime groups is 1. The number of hydrogen-bond donors (Lipinski definition) is 3. The van der Waals surface area contributed by atoms with E-state index in [4.69, 9.17) is 15.2 Å². The van der Waals surface area contributed by atoms with Gasteiger partial charge in [-0.1, -0.05) is 15.7 Å². The number of esters is 2. The third kappa shape index (κ3) is 5.95. The molecule has 2 fully saturated rings. The zero-order valence-electron chi connectivity index (χ0n) is 21.9. The molecule has 214 valence electrons. The molecule has 2 saturated heterocycles. The van der Waals surface area contributed by atoms with Gasteiger partial charge in [0.05, 0.1) is 5.41 Å². The van der Waals surface area contributed by atoms with Crippen molar-refractivity contribution in [2.24, 2.45) is 16.0 Å². The summed E-state index contributed by atoms with van der Waals surface area (Å²) in [5.41, 5.74) is 3.81. The lowest BCUT2D eigenvalue weighted by atomic mass is 9.86. The van der Waals surface area contributed by atoms with Crippen molar-refractivity contribution in [3.05, 3.63) is 27.7 Å². The van der Waals surface area contributed by atoms with Crippen LogP contribution in [0.4, 0.5) is 5.13 Å². The van der Waals surface area contributed by atoms with Crippen LogP contribution in [0.25, 0.3) is 6.08 Å². The minimum absolute atomic E-state index is 0.0431. The number of carbonyl (C=O) groups is 4. The van der Waals surface area contributed by atoms with E-state index in [0.717, 1.165) is 16.2 Å². The Labute approximate surface area is 241 Å². The largest absolute Gasteiger partial charge is 0.427 e. The molecule has 0 radical (unpaired) electrons. The lowest BCUT2D eigenvalue weighted by molar-refractivity contribution is -0.178. The Kier molecular flexibility index (Phi) is 8.46. The number of aromatic nitrogens is 3. The first-order valence-electron chi connectivity index (χ1n) is 11.9. The molecule has 0 spiro atoms. The summed E-state index contributed by atoms with van der Waals surface area (Å²) in [5, 5.41) is 20.1. The van der Waals surface area contributed by atoms with Crippen molar-refractivity contribution >= 4 is 75.3 Å². The molecular formula is C23H27N7O7S3. The average molecular weight is 610 g/mol. The summed E-state index contributed by atoms with van der Waals surface area (Å²) in [6.45, 7) is 6.25. The second-order valence-electron chi connectivity index (χ2n) is 10.1. The van der Waals surface area contributed by atoms with Crippen LogP contribution in [0.5, 0.6) is 0 Å². The van der Waals surface area contributed by atoms with Crippen molar-refractivity contribution in [2.45, 2.75) is 39.1 Å². The van der Waals surface area contributed by atoms with Gasteiger partial charge >= 0.3 is 11.9 Å². The Balaban J connectivity index is 1.47. The number of ether oxygens (including phenoxy) is 2. The summed E-state index contributed by atoms with van der Waals surface area (Å²) in [7, 11) is 0. The van der Waals surface area contributed by atoms with Crippen molar-refractivity contribution in [1.82, 2.24) is 24.8 Å². The molecule has 2 aromatic heterocycles. The van der Waals surface area contributed by atoms with Crippen molar-refractivity contribution < 1.29 is 33.9 Å². The number of β-lactam (4-membered cyclic amide) rings is 1. The Bertz CT molecular complexity index is 1380. The number of thioether (sulfide) groups is 1. The van der Waals surface area contributed by atoms with Crippen LogP contribution in [0.15, 0.2) is 16.6 Å². The standard InChI is InChI=1S/C23H27N7O7S3/c1-11-12(27-29-40-11)5-6-23(20(34)37-10-36-19(33)22(2,3)4)8-30-17(32)15(18(30)39-9-23)26-16(31)14(28-35)13-7-38-21(24)25-13/h5-7,15,18,35H,8-10H2,1-4H3,(H2,24,25)(H,26,31)/t15?,18-,23?/m1/s1. The van der Waals surface area contributed by atoms with E-state index in [2.05, 4.69) is 25.0 Å². The number of anilines is 1. The smallest absolute Gasteiger partial charge is 0.321 e. The number of amides is 2. The van der Waals surface area contributed by atoms with Gasteiger partial charge in [0.2, 0.25) is 12.7 Å². The normalized spacial score (nSPS) is 22.9. The lowest BCUT2D eigenvalue weighted by Crippen LogP contribution is -2.74. The van der Waals surface area contributed by atoms with E-state index in [1.807, 2.05) is 6.92 Å². The van der Waals surface area contributed by atoms with Crippen LogP contribution in [-0.4, -0.2) is 84.6 Å². The molecule has 4 rings (SSSR count). The molecule has 2 aromatic rings. The first-order chi connectivity index (χ1) is 18.9. The van der Waals surface area contributed by atoms with Gasteiger partial charge in [-0.05, 0) is 45.3 Å². The molecule has 2 amide bonds. The second-order valence-corrected chi connectivity index (χ2v) is 13.0. The molecule has 17 heteroatoms. The van der Waals surface area contributed by atoms with Gasteiger partial charge in [0.1, 0.15) is 28.2 Å². The van der Waals surface area contributed by atoms with Crippen molar-refractivity contribution in [2.75, 3.05) is 24.8 Å². The highest BCUT2D eigenvalue weighted by molar-refractivity contribution is 8.00. The summed E-state index contributed by atoms with van der Waals surface area (Å²) in [5.74, 6) is -2.26. The van der Waals surface area contributed by atoms with E-state index >= 15 is 0 Å². The van der Waals surface area contributed by atoms with Crippen LogP contribution in [0.1, 0.15) is 37.0 Å². The van der Waals surface area contributed by atoms with Crippen LogP contribution in [0.3, 0.4) is 0 Å². The molecule has 40 heavy (non-hydrogen) atoms. The molecule has 0 aromatic carbocycles. The summed E-state index contributed by atoms with van der Waals surface area (Å²) < 4.78 is 14.3. The van der Waals surface area contributed by atoms with Gasteiger partial charge in [0, 0.05) is 22.6 Å². The number of thiazole rings is 1. The molecule has 0 bridgehead atoms. The van der Waals surface area contributed by atoms with Crippen LogP contribution in [0.2, 0.25) is 0 Å². The molecule has 14 nitrogen and oxygen atoms in total. The Morgan fingerprint density at radius 3 is 2.70 bits per heavy atom. The van der Waals surface area contributed by atoms with Gasteiger partial charge in [0.15, 0.2) is 10.8 Å². The summed E-state index contributed by atoms with van der Waals surface area (Å²) in [4.78, 5) is 57.5. The number of nitrogens with two attached hydrogens (primary N) is 1. The summed E-state index contributed by atoms with van der Waals surface area (Å²) in [6.07, 6.45) is 3.27. The maximum Gasteiger partial charge on any atom is 0.321 e. The molecule has 2 aliphatic rings. The minimum Gasteiger partial charge on any atom is -0.427 e. The molecule has 4 N–H and O–H groups in total. The highest BCUT2D eigenvalue weighted by atomic mass is 32.2. The van der Waals surface area contributed by atoms with E-state index in [1.165, 1.54) is 33.6 Å². The van der Waals surface area contributed by atoms with Gasteiger partial charge < -0.3 is 30.6 Å². The van der Waals surface area contributed by atoms with Gasteiger partial charge in [-0.2, -0.15) is 0 Å². The van der Waals surface area contributed by atoms with Gasteiger partial charge in [-0.3, -0.25) is 19.2 Å². The monoisotopic (exact) mass is 609 g/mol. The van der Waals surface area contributed by atoms with Crippen LogP contribution in [-0.2, 0) is 28.7 Å². The predicted octanol–water partition coefficient (Wildman–Crippen LogP) is 1.25. The lowest BCUT2D eigenvalue weighted by Gasteiger charge is -2.53. The fourth-order valence-corrected chi connectivity index (χ4v) is 6.34. The highest BCUT2D eigenvalue weighted by Crippen LogP contribution is 2.44. The molecular weight excluding hydrogens is 582 g/mol. The Morgan fingerprint density at radius 1 is 1.35 bits per heavy atom. The topological polar surface area (TPSA) is 199 Å². The van der Waals surface area contributed by atoms with E-state index in [1.54, 1.807) is 32.9 Å². The molecule has 3 atom stereocenters. The van der Waals surface area contributed by atoms with E-state index in [9.17, 15) is 24.4 Å². The molecule has 2 aliphatic heterocycles. The number of hydrogen-bond acceptors (Lipinski definition) is 15. The molecule has 0 aliphatic carbocycles. The first kappa shape index (κ1) is 29.4. The van der Waals surface area contributed by atoms with Crippen LogP contribution in [0, 0.1) is 17.8 Å². The zero-order chi connectivity index (χ0) is 29.2. The number of aryl methyl sites for hydroxylation is 1. The van der Waals surface area contributed by atoms with Crippen molar-refractivity contribution in [3.8, 4) is 0 Å². The van der Waals surface area contributed by atoms with Crippen molar-refractivity contribution in [3.63, 3.8) is 0 Å². The average Bonchev–Trinajstić information content (AvgIpc) is 3.52. The second kappa shape index (κ2) is 11.5. The quantitative estimate of drug-likeness (QED) is 0.0968. The first-order valence-corrected chi connectivity index (χ1v) is 14.6. The molecule has 2 unspecified atom stereocenters. The number of carbonyl (C=O) groups excluding carboxylic acids is 4. The third-order valence-corrected chi connectivity index (χ3v) is 8.99. The highest BCUT2D eigenvalue weighted by Gasteiger charge is 2.57. The summed E-state index contributed by atoms with van der Waals surface area (Å²) >= 11 is 3.54. The third-order valence-electron chi connectivity index (χ3n) is 6.12. The maximum absolute atomic E-state index is 13.3. The van der Waals surface area contributed by atoms with Gasteiger partial charge in [-0.15, -0.1) is 28.2 Å². The predicted molar refractivity (Wildman–Crippen MR) is 147 cm³/mol. The van der Waals surface area contributed by atoms with Crippen LogP contribution >= 0.6 is 34.6 Å². The minimum atomic E-state index is -1.29. The Hall–Kier alpha value is -3.57. The van der Waals surface area contributed by atoms with Gasteiger partial charge in [0.25, 0.3) is 5.91 Å². The Morgan fingerprint density at radius 2 is 2.10 bits per heavy atom. The zero-order valence-corrected chi connectivity index (χ0v) is 24.4. The number of nitrogens with one attached hydrogen (secondary N) is 1. The number of nitrogens with zero attached hydrogens (tertiary/aromatic N) is 5. The molecule has 4 heterocycles. The maximum atomic E-state index is 13.3. The number of rotatable bonds is 8. The SMILES string of the molecule is Cc1snnc1C=CC1(C(=O)OCOC(=O)C(C)(C)C)CS[C@@H]2C(NC(=O)C(=NO)c3csc(N)n3)C(=O)N2C1.